The van der Waals surface area contributed by atoms with Crippen LogP contribution in [0.25, 0.3) is 5.70 Å². The van der Waals surface area contributed by atoms with Gasteiger partial charge in [-0.3, -0.25) is 15.0 Å². The summed E-state index contributed by atoms with van der Waals surface area (Å²) < 4.78 is 0. The zero-order chi connectivity index (χ0) is 19.9. The monoisotopic (exact) mass is 376 g/mol. The van der Waals surface area contributed by atoms with Gasteiger partial charge < -0.3 is 5.73 Å². The van der Waals surface area contributed by atoms with Gasteiger partial charge in [-0.05, 0) is 24.3 Å². The maximum Gasteiger partial charge on any atom is 0.267 e. The number of carbonyl (C=O) groups excluding carboxylic acids is 1. The topological polar surface area (TPSA) is 105 Å². The summed E-state index contributed by atoms with van der Waals surface area (Å²) in [5.41, 5.74) is 10.5. The highest BCUT2D eigenvalue weighted by molar-refractivity contribution is 5.82. The summed E-state index contributed by atoms with van der Waals surface area (Å²) in [6.45, 7) is 0. The highest BCUT2D eigenvalue weighted by atomic mass is 16.5. The fraction of sp³-hybridized carbons (Fsp3) is 0.227. The van der Waals surface area contributed by atoms with Crippen molar-refractivity contribution in [3.8, 4) is 11.8 Å². The van der Waals surface area contributed by atoms with E-state index in [0.29, 0.717) is 23.7 Å². The van der Waals surface area contributed by atoms with Gasteiger partial charge in [0.25, 0.3) is 5.91 Å². The average Bonchev–Trinajstić information content (AvgIpc) is 3.57. The van der Waals surface area contributed by atoms with Gasteiger partial charge in [0.15, 0.2) is 0 Å². The van der Waals surface area contributed by atoms with E-state index in [1.54, 1.807) is 5.48 Å². The molecule has 1 atom stereocenters. The van der Waals surface area contributed by atoms with E-state index in [4.69, 9.17) is 11.6 Å². The van der Waals surface area contributed by atoms with E-state index in [1.165, 1.54) is 5.01 Å². The standard InChI is InChI=1S/C22H24N4O2/c23-21(18-9-5-2-6-10-18)19(14-13-16-11-12-16)26(24)20(22(27)25-28)15-17-7-3-1-4-8-17/h1-10,16,20,28H,11-12,15,23-24H2,(H,25,27)/b21-19-. The molecule has 1 aliphatic carbocycles. The summed E-state index contributed by atoms with van der Waals surface area (Å²) in [5.74, 6) is 12.3. The van der Waals surface area contributed by atoms with Crippen LogP contribution in [0.15, 0.2) is 66.4 Å². The number of benzene rings is 2. The average molecular weight is 376 g/mol. The lowest BCUT2D eigenvalue weighted by Gasteiger charge is -2.28. The molecule has 0 aliphatic heterocycles. The molecule has 6 heteroatoms. The van der Waals surface area contributed by atoms with Crippen LogP contribution in [0.2, 0.25) is 0 Å². The van der Waals surface area contributed by atoms with E-state index in [1.807, 2.05) is 60.7 Å². The van der Waals surface area contributed by atoms with Crippen LogP contribution in [0.3, 0.4) is 0 Å². The van der Waals surface area contributed by atoms with Crippen LogP contribution in [-0.4, -0.2) is 22.2 Å². The number of rotatable bonds is 6. The summed E-state index contributed by atoms with van der Waals surface area (Å²) in [5, 5.41) is 10.5. The second-order valence-corrected chi connectivity index (χ2v) is 6.76. The van der Waals surface area contributed by atoms with Crippen molar-refractivity contribution in [3.63, 3.8) is 0 Å². The van der Waals surface area contributed by atoms with Crippen molar-refractivity contribution in [3.05, 3.63) is 77.5 Å². The van der Waals surface area contributed by atoms with Gasteiger partial charge >= 0.3 is 0 Å². The van der Waals surface area contributed by atoms with Crippen LogP contribution in [-0.2, 0) is 11.2 Å². The smallest absolute Gasteiger partial charge is 0.267 e. The largest absolute Gasteiger partial charge is 0.396 e. The van der Waals surface area contributed by atoms with Crippen LogP contribution in [0, 0.1) is 17.8 Å². The van der Waals surface area contributed by atoms with E-state index in [2.05, 4.69) is 11.8 Å². The zero-order valence-corrected chi connectivity index (χ0v) is 15.5. The van der Waals surface area contributed by atoms with Crippen molar-refractivity contribution < 1.29 is 10.0 Å². The minimum atomic E-state index is -0.877. The lowest BCUT2D eigenvalue weighted by molar-refractivity contribution is -0.134. The Hall–Kier alpha value is -3.27. The van der Waals surface area contributed by atoms with Crippen molar-refractivity contribution in [2.24, 2.45) is 17.5 Å². The zero-order valence-electron chi connectivity index (χ0n) is 15.5. The Labute approximate surface area is 164 Å². The Morgan fingerprint density at radius 2 is 1.75 bits per heavy atom. The van der Waals surface area contributed by atoms with Gasteiger partial charge in [0.2, 0.25) is 0 Å². The Kier molecular flexibility index (Phi) is 6.33. The number of nitrogens with zero attached hydrogens (tertiary/aromatic N) is 1. The molecule has 144 valence electrons. The fourth-order valence-corrected chi connectivity index (χ4v) is 2.81. The van der Waals surface area contributed by atoms with Crippen LogP contribution < -0.4 is 17.1 Å². The Morgan fingerprint density at radius 1 is 1.14 bits per heavy atom. The summed E-state index contributed by atoms with van der Waals surface area (Å²) in [6.07, 6.45) is 2.40. The number of nitrogens with two attached hydrogens (primary N) is 2. The van der Waals surface area contributed by atoms with E-state index < -0.39 is 11.9 Å². The molecule has 1 aliphatic rings. The third-order valence-electron chi connectivity index (χ3n) is 4.59. The van der Waals surface area contributed by atoms with E-state index in [9.17, 15) is 10.0 Å². The molecule has 0 spiro atoms. The third-order valence-corrected chi connectivity index (χ3v) is 4.59. The van der Waals surface area contributed by atoms with E-state index in [0.717, 1.165) is 24.0 Å². The number of hydroxylamine groups is 1. The predicted molar refractivity (Wildman–Crippen MR) is 108 cm³/mol. The first kappa shape index (κ1) is 19.5. The molecule has 6 N–H and O–H groups in total. The first-order chi connectivity index (χ1) is 13.6. The number of nitrogens with one attached hydrogen (secondary N) is 1. The maximum atomic E-state index is 12.4. The lowest BCUT2D eigenvalue weighted by atomic mass is 10.0. The molecule has 3 rings (SSSR count). The molecule has 0 bridgehead atoms. The molecule has 0 saturated heterocycles. The van der Waals surface area contributed by atoms with Crippen LogP contribution in [0.4, 0.5) is 0 Å². The minimum Gasteiger partial charge on any atom is -0.396 e. The van der Waals surface area contributed by atoms with Gasteiger partial charge in [-0.1, -0.05) is 66.6 Å². The fourth-order valence-electron chi connectivity index (χ4n) is 2.81. The van der Waals surface area contributed by atoms with Crippen molar-refractivity contribution in [2.45, 2.75) is 25.3 Å². The second kappa shape index (κ2) is 9.09. The number of hydrogen-bond donors (Lipinski definition) is 4. The van der Waals surface area contributed by atoms with Crippen LogP contribution in [0.5, 0.6) is 0 Å². The number of allylic oxidation sites excluding steroid dienone is 1. The molecule has 1 amide bonds. The van der Waals surface area contributed by atoms with E-state index >= 15 is 0 Å². The molecule has 0 heterocycles. The van der Waals surface area contributed by atoms with Crippen molar-refractivity contribution >= 4 is 11.6 Å². The molecule has 6 nitrogen and oxygen atoms in total. The molecule has 1 saturated carbocycles. The quantitative estimate of drug-likeness (QED) is 0.267. The first-order valence-corrected chi connectivity index (χ1v) is 9.18. The Bertz CT molecular complexity index is 896. The molecule has 2 aromatic rings. The molecule has 1 unspecified atom stereocenters. The third kappa shape index (κ3) is 4.92. The van der Waals surface area contributed by atoms with Crippen molar-refractivity contribution in [1.82, 2.24) is 10.5 Å². The Balaban J connectivity index is 1.98. The second-order valence-electron chi connectivity index (χ2n) is 6.76. The molecule has 2 aromatic carbocycles. The lowest BCUT2D eigenvalue weighted by Crippen LogP contribution is -2.50. The van der Waals surface area contributed by atoms with Gasteiger partial charge in [-0.25, -0.2) is 11.3 Å². The van der Waals surface area contributed by atoms with Gasteiger partial charge in [0.05, 0.1) is 5.70 Å². The van der Waals surface area contributed by atoms with Crippen molar-refractivity contribution in [1.29, 1.82) is 0 Å². The highest BCUT2D eigenvalue weighted by Crippen LogP contribution is 2.28. The van der Waals surface area contributed by atoms with Gasteiger partial charge in [0.1, 0.15) is 11.7 Å². The Morgan fingerprint density at radius 3 is 2.32 bits per heavy atom. The maximum absolute atomic E-state index is 12.4. The minimum absolute atomic E-state index is 0.292. The summed E-state index contributed by atoms with van der Waals surface area (Å²) in [4.78, 5) is 12.4. The van der Waals surface area contributed by atoms with Gasteiger partial charge in [-0.15, -0.1) is 0 Å². The summed E-state index contributed by atoms with van der Waals surface area (Å²) in [7, 11) is 0. The van der Waals surface area contributed by atoms with Crippen LogP contribution >= 0.6 is 0 Å². The SMILES string of the molecule is N/C(=C(/C#CC1CC1)N(N)C(Cc1ccccc1)C(=O)NO)c1ccccc1. The molecule has 28 heavy (non-hydrogen) atoms. The summed E-state index contributed by atoms with van der Waals surface area (Å²) in [6, 6.07) is 17.9. The molecule has 0 radical (unpaired) electrons. The van der Waals surface area contributed by atoms with Crippen LogP contribution in [0.1, 0.15) is 24.0 Å². The first-order valence-electron chi connectivity index (χ1n) is 9.18. The predicted octanol–water partition coefficient (Wildman–Crippen LogP) is 2.02. The van der Waals surface area contributed by atoms with E-state index in [-0.39, 0.29) is 0 Å². The highest BCUT2D eigenvalue weighted by Gasteiger charge is 2.27. The number of carbonyl (C=O) groups is 1. The number of hydrogen-bond acceptors (Lipinski definition) is 5. The normalized spacial score (nSPS) is 14.9. The molecule has 1 fully saturated rings. The number of hydrazine groups is 1. The van der Waals surface area contributed by atoms with Gasteiger partial charge in [-0.2, -0.15) is 0 Å². The summed E-state index contributed by atoms with van der Waals surface area (Å²) >= 11 is 0. The molecular formula is C22H24N4O2. The molecular weight excluding hydrogens is 352 g/mol. The number of amides is 1. The van der Waals surface area contributed by atoms with Crippen molar-refractivity contribution in [2.75, 3.05) is 0 Å². The van der Waals surface area contributed by atoms with Gasteiger partial charge in [0, 0.05) is 17.9 Å². The molecule has 0 aromatic heterocycles.